The highest BCUT2D eigenvalue weighted by Crippen LogP contribution is 2.46. The van der Waals surface area contributed by atoms with Crippen LogP contribution in [0.25, 0.3) is 0 Å². The third kappa shape index (κ3) is 7.88. The smallest absolute Gasteiger partial charge is 0.289 e. The summed E-state index contributed by atoms with van der Waals surface area (Å²) >= 11 is 3.56. The molecule has 1 fully saturated rings. The zero-order valence-electron chi connectivity index (χ0n) is 29.7. The molecule has 1 aliphatic rings. The van der Waals surface area contributed by atoms with Crippen LogP contribution in [0.3, 0.4) is 0 Å². The molecule has 1 saturated heterocycles. The maximum atomic E-state index is 14.3. The Morgan fingerprint density at radius 2 is 1.37 bits per heavy atom. The first kappa shape index (κ1) is 39.0. The van der Waals surface area contributed by atoms with E-state index < -0.39 is 32.3 Å². The van der Waals surface area contributed by atoms with E-state index in [2.05, 4.69) is 70.4 Å². The minimum Gasteiger partial charge on any atom is -0.392 e. The van der Waals surface area contributed by atoms with Gasteiger partial charge in [0, 0.05) is 48.2 Å². The minimum absolute atomic E-state index is 0.0163. The Morgan fingerprint density at radius 1 is 0.852 bits per heavy atom. The van der Waals surface area contributed by atoms with Gasteiger partial charge in [-0.3, -0.25) is 15.0 Å². The number of aliphatic hydroxyl groups is 1. The van der Waals surface area contributed by atoms with Gasteiger partial charge in [0.2, 0.25) is 10.0 Å². The van der Waals surface area contributed by atoms with Crippen molar-refractivity contribution in [3.63, 3.8) is 0 Å². The van der Waals surface area contributed by atoms with Gasteiger partial charge in [-0.1, -0.05) is 144 Å². The molecule has 0 bridgehead atoms. The molecule has 0 aliphatic carbocycles. The monoisotopic (exact) mass is 807 g/mol. The fourth-order valence-electron chi connectivity index (χ4n) is 7.47. The molecule has 0 amide bonds. The molecular weight excluding hydrogens is 766 g/mol. The summed E-state index contributed by atoms with van der Waals surface area (Å²) in [6.45, 7) is 8.06. The molecule has 9 nitrogen and oxygen atoms in total. The van der Waals surface area contributed by atoms with Crippen LogP contribution in [0.15, 0.2) is 174 Å². The van der Waals surface area contributed by atoms with Crippen LogP contribution in [0.5, 0.6) is 0 Å². The van der Waals surface area contributed by atoms with Gasteiger partial charge in [-0.25, -0.2) is 8.42 Å². The minimum atomic E-state index is -4.36. The third-order valence-corrected chi connectivity index (χ3v) is 12.4. The molecule has 0 radical (unpaired) electrons. The van der Waals surface area contributed by atoms with E-state index in [0.717, 1.165) is 26.7 Å². The number of aliphatic hydroxyl groups excluding tert-OH is 1. The number of nitrogens with zero attached hydrogens (tertiary/aromatic N) is 3. The number of ether oxygens (including phenoxy) is 1. The molecule has 278 valence electrons. The molecule has 0 unspecified atom stereocenters. The first-order chi connectivity index (χ1) is 26.1. The molecule has 6 rings (SSSR count). The van der Waals surface area contributed by atoms with Gasteiger partial charge in [0.05, 0.1) is 18.1 Å². The van der Waals surface area contributed by atoms with Gasteiger partial charge in [-0.2, -0.15) is 4.31 Å². The average Bonchev–Trinajstić information content (AvgIpc) is 3.20. The SMILES string of the molecule is C=CCN(C[C@H]1[C@@H](c2ccc(Br)cc2)[C@@H](COC(c2ccccc2)(c2ccccc2)c2ccccc2)N1CC(=C)CO)S(=O)(=O)c1ccccc1[N+](=O)[O-]. The average molecular weight is 809 g/mol. The summed E-state index contributed by atoms with van der Waals surface area (Å²) in [5.74, 6) is -0.252. The lowest BCUT2D eigenvalue weighted by molar-refractivity contribution is -0.387. The summed E-state index contributed by atoms with van der Waals surface area (Å²) in [6.07, 6.45) is 1.48. The van der Waals surface area contributed by atoms with E-state index in [1.54, 1.807) is 0 Å². The molecule has 5 aromatic carbocycles. The normalized spacial score (nSPS) is 17.5. The number of likely N-dealkylation sites (tertiary alicyclic amines) is 1. The van der Waals surface area contributed by atoms with Crippen LogP contribution in [0.4, 0.5) is 5.69 Å². The predicted molar refractivity (Wildman–Crippen MR) is 215 cm³/mol. The molecule has 5 aromatic rings. The summed E-state index contributed by atoms with van der Waals surface area (Å²) in [7, 11) is -4.36. The van der Waals surface area contributed by atoms with Crippen molar-refractivity contribution in [2.45, 2.75) is 28.5 Å². The topological polar surface area (TPSA) is 113 Å². The second-order valence-electron chi connectivity index (χ2n) is 13.2. The third-order valence-electron chi connectivity index (χ3n) is 9.98. The number of nitro groups is 1. The van der Waals surface area contributed by atoms with Gasteiger partial charge in [-0.05, 0) is 46.0 Å². The van der Waals surface area contributed by atoms with Gasteiger partial charge >= 0.3 is 0 Å². The van der Waals surface area contributed by atoms with Crippen LogP contribution in [-0.4, -0.2) is 72.6 Å². The van der Waals surface area contributed by atoms with E-state index in [1.807, 2.05) is 78.9 Å². The lowest BCUT2D eigenvalue weighted by Gasteiger charge is -2.57. The summed E-state index contributed by atoms with van der Waals surface area (Å²) in [4.78, 5) is 13.0. The molecule has 1 aliphatic heterocycles. The van der Waals surface area contributed by atoms with E-state index >= 15 is 0 Å². The van der Waals surface area contributed by atoms with E-state index in [9.17, 15) is 23.6 Å². The number of benzene rings is 5. The quantitative estimate of drug-likeness (QED) is 0.0440. The first-order valence-corrected chi connectivity index (χ1v) is 19.8. The summed E-state index contributed by atoms with van der Waals surface area (Å²) in [6, 6.07) is 42.8. The fourth-order valence-corrected chi connectivity index (χ4v) is 9.32. The largest absolute Gasteiger partial charge is 0.392 e. The standard InChI is InChI=1S/C43H42BrN3O6S/c1-3-27-45(54(51,52)41-22-14-13-21-38(41)47(49)50)29-39-42(33-23-25-37(44)26-24-33)40(46(39)28-32(2)30-48)31-53-43(34-15-7-4-8-16-34,35-17-9-5-10-18-35)36-19-11-6-12-20-36/h3-26,39-40,42,48H,1-2,27-31H2/t39-,40+,42+/m0/s1. The number of rotatable bonds is 17. The predicted octanol–water partition coefficient (Wildman–Crippen LogP) is 7.93. The number of halogens is 1. The number of para-hydroxylation sites is 1. The maximum absolute atomic E-state index is 14.3. The van der Waals surface area contributed by atoms with Crippen molar-refractivity contribution >= 4 is 31.6 Å². The Balaban J connectivity index is 1.45. The molecule has 0 aromatic heterocycles. The van der Waals surface area contributed by atoms with Crippen LogP contribution in [-0.2, 0) is 20.4 Å². The van der Waals surface area contributed by atoms with E-state index in [1.165, 1.54) is 34.6 Å². The van der Waals surface area contributed by atoms with Gasteiger partial charge in [0.25, 0.3) is 5.69 Å². The van der Waals surface area contributed by atoms with Gasteiger partial charge in [0.1, 0.15) is 5.60 Å². The van der Waals surface area contributed by atoms with Crippen LogP contribution < -0.4 is 0 Å². The van der Waals surface area contributed by atoms with Crippen molar-refractivity contribution in [2.75, 3.05) is 32.8 Å². The molecule has 0 saturated carbocycles. The van der Waals surface area contributed by atoms with Crippen molar-refractivity contribution < 1.29 is 23.2 Å². The highest BCUT2D eigenvalue weighted by Gasteiger charge is 2.52. The molecule has 0 spiro atoms. The molecule has 11 heteroatoms. The van der Waals surface area contributed by atoms with Crippen LogP contribution in [0.1, 0.15) is 28.2 Å². The zero-order chi connectivity index (χ0) is 38.3. The first-order valence-electron chi connectivity index (χ1n) is 17.6. The lowest BCUT2D eigenvalue weighted by Crippen LogP contribution is -2.68. The summed E-state index contributed by atoms with van der Waals surface area (Å²) in [5.41, 5.74) is 2.84. The van der Waals surface area contributed by atoms with Crippen molar-refractivity contribution in [1.82, 2.24) is 9.21 Å². The Bertz CT molecular complexity index is 2070. The number of hydrogen-bond donors (Lipinski definition) is 1. The maximum Gasteiger partial charge on any atom is 0.289 e. The zero-order valence-corrected chi connectivity index (χ0v) is 32.1. The Hall–Kier alpha value is -4.75. The Morgan fingerprint density at radius 3 is 1.87 bits per heavy atom. The summed E-state index contributed by atoms with van der Waals surface area (Å²) < 4.78 is 38.0. The van der Waals surface area contributed by atoms with Crippen molar-refractivity contribution in [1.29, 1.82) is 0 Å². The molecule has 54 heavy (non-hydrogen) atoms. The fraction of sp³-hybridized carbons (Fsp3) is 0.209. The molecule has 3 atom stereocenters. The van der Waals surface area contributed by atoms with Crippen molar-refractivity contribution in [3.8, 4) is 0 Å². The van der Waals surface area contributed by atoms with E-state index in [4.69, 9.17) is 4.74 Å². The van der Waals surface area contributed by atoms with E-state index in [0.29, 0.717) is 5.57 Å². The van der Waals surface area contributed by atoms with E-state index in [-0.39, 0.29) is 49.7 Å². The van der Waals surface area contributed by atoms with Crippen molar-refractivity contribution in [3.05, 3.63) is 201 Å². The van der Waals surface area contributed by atoms with Gasteiger partial charge in [0.15, 0.2) is 4.90 Å². The highest BCUT2D eigenvalue weighted by molar-refractivity contribution is 9.10. The lowest BCUT2D eigenvalue weighted by atomic mass is 9.74. The second-order valence-corrected chi connectivity index (χ2v) is 16.0. The van der Waals surface area contributed by atoms with Crippen LogP contribution in [0.2, 0.25) is 0 Å². The summed E-state index contributed by atoms with van der Waals surface area (Å²) in [5, 5.41) is 22.1. The van der Waals surface area contributed by atoms with Crippen LogP contribution >= 0.6 is 15.9 Å². The van der Waals surface area contributed by atoms with Gasteiger partial charge < -0.3 is 9.84 Å². The Labute approximate surface area is 325 Å². The van der Waals surface area contributed by atoms with Crippen LogP contribution in [0, 0.1) is 10.1 Å². The van der Waals surface area contributed by atoms with Crippen molar-refractivity contribution in [2.24, 2.45) is 0 Å². The van der Waals surface area contributed by atoms with Gasteiger partial charge in [-0.15, -0.1) is 6.58 Å². The Kier molecular flexibility index (Phi) is 12.4. The number of nitro benzene ring substituents is 1. The molecular formula is C43H42BrN3O6S. The molecule has 1 N–H and O–H groups in total. The number of sulfonamides is 1. The second kappa shape index (κ2) is 17.2. The molecule has 1 heterocycles. The number of hydrogen-bond acceptors (Lipinski definition) is 7. The highest BCUT2D eigenvalue weighted by atomic mass is 79.9.